The number of rotatable bonds is 9. The van der Waals surface area contributed by atoms with Crippen LogP contribution >= 0.6 is 31.9 Å². The summed E-state index contributed by atoms with van der Waals surface area (Å²) < 4.78 is 13.2. The van der Waals surface area contributed by atoms with Crippen LogP contribution in [0.4, 0.5) is 5.95 Å². The Labute approximate surface area is 200 Å². The first-order valence-electron chi connectivity index (χ1n) is 9.47. The lowest BCUT2D eigenvalue weighted by molar-refractivity contribution is 0.317. The van der Waals surface area contributed by atoms with Crippen molar-refractivity contribution in [2.75, 3.05) is 18.6 Å². The minimum Gasteiger partial charge on any atom is -0.503 e. The smallest absolute Gasteiger partial charge is 0.265 e. The van der Waals surface area contributed by atoms with E-state index in [0.717, 1.165) is 0 Å². The normalized spacial score (nSPS) is 11.4. The van der Waals surface area contributed by atoms with Crippen molar-refractivity contribution in [3.05, 3.63) is 50.7 Å². The Balaban J connectivity index is 1.74. The highest BCUT2D eigenvalue weighted by Crippen LogP contribution is 2.36. The number of phenols is 2. The molecular formula is C20H20Br2N6O4. The van der Waals surface area contributed by atoms with Gasteiger partial charge >= 0.3 is 0 Å². The van der Waals surface area contributed by atoms with E-state index in [-0.39, 0.29) is 17.4 Å². The number of aromatic hydroxyl groups is 2. The van der Waals surface area contributed by atoms with Crippen LogP contribution in [0.5, 0.6) is 23.0 Å². The third-order valence-corrected chi connectivity index (χ3v) is 5.15. The number of benzene rings is 2. The van der Waals surface area contributed by atoms with Crippen LogP contribution in [0.25, 0.3) is 0 Å². The van der Waals surface area contributed by atoms with E-state index in [0.29, 0.717) is 44.8 Å². The molecule has 0 saturated carbocycles. The molecule has 0 aliphatic heterocycles. The number of hydrogen-bond donors (Lipinski definition) is 3. The van der Waals surface area contributed by atoms with Crippen LogP contribution in [0.1, 0.15) is 25.0 Å². The summed E-state index contributed by atoms with van der Waals surface area (Å²) in [6.07, 6.45) is 4.52. The van der Waals surface area contributed by atoms with E-state index >= 15 is 0 Å². The molecule has 168 valence electrons. The van der Waals surface area contributed by atoms with Gasteiger partial charge in [-0.1, -0.05) is 0 Å². The summed E-state index contributed by atoms with van der Waals surface area (Å²) in [7, 11) is 0. The number of nitrogens with one attached hydrogen (secondary N) is 1. The summed E-state index contributed by atoms with van der Waals surface area (Å²) in [4.78, 5) is 0. The highest BCUT2D eigenvalue weighted by atomic mass is 79.9. The molecule has 0 aliphatic rings. The highest BCUT2D eigenvalue weighted by molar-refractivity contribution is 9.10. The first-order chi connectivity index (χ1) is 15.4. The molecule has 0 fully saturated rings. The number of hydrogen-bond acceptors (Lipinski definition) is 9. The summed E-state index contributed by atoms with van der Waals surface area (Å²) in [5.74, 6) is 1.03. The maximum Gasteiger partial charge on any atom is 0.265 e. The molecule has 3 N–H and O–H groups in total. The van der Waals surface area contributed by atoms with Gasteiger partial charge in [0.1, 0.15) is 6.33 Å². The van der Waals surface area contributed by atoms with Gasteiger partial charge in [0.15, 0.2) is 23.0 Å². The second-order valence-corrected chi connectivity index (χ2v) is 7.89. The van der Waals surface area contributed by atoms with Crippen molar-refractivity contribution in [2.24, 2.45) is 10.2 Å². The molecule has 3 rings (SSSR count). The topological polar surface area (TPSA) is 126 Å². The lowest BCUT2D eigenvalue weighted by Gasteiger charge is -2.08. The molecule has 1 aromatic heterocycles. The van der Waals surface area contributed by atoms with Crippen LogP contribution in [-0.4, -0.2) is 50.7 Å². The number of aromatic nitrogens is 3. The average Bonchev–Trinajstić information content (AvgIpc) is 3.21. The van der Waals surface area contributed by atoms with Crippen LogP contribution in [0.15, 0.2) is 49.7 Å². The molecule has 32 heavy (non-hydrogen) atoms. The summed E-state index contributed by atoms with van der Waals surface area (Å²) in [5, 5.41) is 36.3. The van der Waals surface area contributed by atoms with Crippen molar-refractivity contribution in [1.29, 1.82) is 0 Å². The Kier molecular flexibility index (Phi) is 8.06. The van der Waals surface area contributed by atoms with Gasteiger partial charge in [-0.05, 0) is 81.1 Å². The van der Waals surface area contributed by atoms with Crippen LogP contribution in [0.3, 0.4) is 0 Å². The lowest BCUT2D eigenvalue weighted by atomic mass is 10.2. The highest BCUT2D eigenvalue weighted by Gasteiger charge is 2.10. The van der Waals surface area contributed by atoms with Gasteiger partial charge in [0.05, 0.1) is 34.6 Å². The second kappa shape index (κ2) is 11.0. The molecular weight excluding hydrogens is 548 g/mol. The summed E-state index contributed by atoms with van der Waals surface area (Å²) in [6, 6.07) is 6.73. The van der Waals surface area contributed by atoms with E-state index in [1.54, 1.807) is 36.7 Å². The molecule has 0 spiro atoms. The van der Waals surface area contributed by atoms with Crippen molar-refractivity contribution >= 4 is 50.2 Å². The maximum atomic E-state index is 10.0. The molecule has 12 heteroatoms. The van der Waals surface area contributed by atoms with Crippen LogP contribution in [0, 0.1) is 0 Å². The van der Waals surface area contributed by atoms with Crippen molar-refractivity contribution in [1.82, 2.24) is 14.9 Å². The van der Waals surface area contributed by atoms with Crippen molar-refractivity contribution in [2.45, 2.75) is 13.8 Å². The quantitative estimate of drug-likeness (QED) is 0.259. The predicted octanol–water partition coefficient (Wildman–Crippen LogP) is 4.34. The largest absolute Gasteiger partial charge is 0.503 e. The summed E-state index contributed by atoms with van der Waals surface area (Å²) in [5.41, 5.74) is 4.15. The number of nitrogens with zero attached hydrogens (tertiary/aromatic N) is 5. The van der Waals surface area contributed by atoms with Crippen LogP contribution < -0.4 is 14.9 Å². The average molecular weight is 568 g/mol. The van der Waals surface area contributed by atoms with Gasteiger partial charge in [-0.2, -0.15) is 14.9 Å². The molecule has 0 saturated heterocycles. The number of hydrazone groups is 1. The molecule has 0 amide bonds. The van der Waals surface area contributed by atoms with Crippen molar-refractivity contribution in [3.63, 3.8) is 0 Å². The molecule has 1 heterocycles. The van der Waals surface area contributed by atoms with Gasteiger partial charge in [0.2, 0.25) is 0 Å². The Morgan fingerprint density at radius 2 is 1.53 bits per heavy atom. The molecule has 0 radical (unpaired) electrons. The fourth-order valence-corrected chi connectivity index (χ4v) is 3.47. The van der Waals surface area contributed by atoms with Crippen molar-refractivity contribution in [3.8, 4) is 23.0 Å². The fraction of sp³-hybridized carbons (Fsp3) is 0.200. The van der Waals surface area contributed by atoms with Gasteiger partial charge in [0, 0.05) is 0 Å². The Morgan fingerprint density at radius 3 is 2.09 bits per heavy atom. The monoisotopic (exact) mass is 566 g/mol. The zero-order chi connectivity index (χ0) is 23.1. The minimum absolute atomic E-state index is 0.0263. The minimum atomic E-state index is 0.0263. The van der Waals surface area contributed by atoms with Gasteiger partial charge in [0.25, 0.3) is 5.95 Å². The second-order valence-electron chi connectivity index (χ2n) is 6.18. The predicted molar refractivity (Wildman–Crippen MR) is 128 cm³/mol. The molecule has 0 bridgehead atoms. The number of phenolic OH excluding ortho intramolecular Hbond substituents is 2. The standard InChI is InChI=1S/C20H20Br2N6O4/c1-3-31-16-7-12(5-14(21)18(16)29)9-23-26-20-27-24-11-28(20)25-10-13-6-15(22)19(30)17(8-13)32-4-2/h5-11,29-30H,3-4H2,1-2H3,(H,26,27). The molecule has 0 unspecified atom stereocenters. The SMILES string of the molecule is CCOc1cc(C=NNc2nncn2N=Cc2cc(Br)c(O)c(OCC)c2)cc(Br)c1O. The Morgan fingerprint density at radius 1 is 0.969 bits per heavy atom. The molecule has 0 atom stereocenters. The van der Waals surface area contributed by atoms with Gasteiger partial charge in [-0.25, -0.2) is 5.43 Å². The summed E-state index contributed by atoms with van der Waals surface area (Å²) in [6.45, 7) is 4.50. The van der Waals surface area contributed by atoms with E-state index in [9.17, 15) is 10.2 Å². The summed E-state index contributed by atoms with van der Waals surface area (Å²) >= 11 is 6.59. The van der Waals surface area contributed by atoms with Crippen molar-refractivity contribution < 1.29 is 19.7 Å². The first-order valence-corrected chi connectivity index (χ1v) is 11.1. The van der Waals surface area contributed by atoms with E-state index < -0.39 is 0 Å². The molecule has 2 aromatic carbocycles. The van der Waals surface area contributed by atoms with Gasteiger partial charge in [-0.15, -0.1) is 10.2 Å². The Hall–Kier alpha value is -3.12. The molecule has 0 aliphatic carbocycles. The fourth-order valence-electron chi connectivity index (χ4n) is 2.55. The first kappa shape index (κ1) is 23.5. The zero-order valence-electron chi connectivity index (χ0n) is 17.2. The van der Waals surface area contributed by atoms with E-state index in [1.165, 1.54) is 11.0 Å². The number of halogens is 2. The van der Waals surface area contributed by atoms with E-state index in [2.05, 4.69) is 57.7 Å². The maximum absolute atomic E-state index is 10.0. The third-order valence-electron chi connectivity index (χ3n) is 3.94. The van der Waals surface area contributed by atoms with E-state index in [1.807, 2.05) is 13.8 Å². The third kappa shape index (κ3) is 5.77. The Bertz CT molecular complexity index is 1150. The van der Waals surface area contributed by atoms with Crippen LogP contribution in [0.2, 0.25) is 0 Å². The molecule has 10 nitrogen and oxygen atoms in total. The van der Waals surface area contributed by atoms with Crippen LogP contribution in [-0.2, 0) is 0 Å². The van der Waals surface area contributed by atoms with E-state index in [4.69, 9.17) is 9.47 Å². The molecule has 3 aromatic rings. The lowest BCUT2D eigenvalue weighted by Crippen LogP contribution is -2.00. The number of anilines is 1. The zero-order valence-corrected chi connectivity index (χ0v) is 20.3. The van der Waals surface area contributed by atoms with Gasteiger partial charge in [-0.3, -0.25) is 0 Å². The van der Waals surface area contributed by atoms with Gasteiger partial charge < -0.3 is 19.7 Å². The number of ether oxygens (including phenoxy) is 2.